The molecule has 3 rings (SSSR count). The summed E-state index contributed by atoms with van der Waals surface area (Å²) in [6.45, 7) is 0. The van der Waals surface area contributed by atoms with E-state index in [1.165, 1.54) is 30.3 Å². The van der Waals surface area contributed by atoms with Crippen LogP contribution in [0.1, 0.15) is 28.7 Å². The fourth-order valence-corrected chi connectivity index (χ4v) is 3.50. The molecule has 2 aromatic carbocycles. The van der Waals surface area contributed by atoms with E-state index in [0.717, 1.165) is 30.3 Å². The summed E-state index contributed by atoms with van der Waals surface area (Å²) in [7, 11) is 0. The molecule has 2 nitrogen and oxygen atoms in total. The van der Waals surface area contributed by atoms with Gasteiger partial charge in [0.05, 0.1) is 11.1 Å². The Bertz CT molecular complexity index is 869. The third-order valence-corrected chi connectivity index (χ3v) is 4.90. The molecule has 1 fully saturated rings. The van der Waals surface area contributed by atoms with E-state index in [1.54, 1.807) is 0 Å². The Kier molecular flexibility index (Phi) is 4.77. The lowest BCUT2D eigenvalue weighted by Gasteiger charge is -2.21. The molecule has 8 heteroatoms. The van der Waals surface area contributed by atoms with Gasteiger partial charge in [0.25, 0.3) is 0 Å². The standard InChI is InChI=1S/C20H14F6O2/c21-19(22,23)14-5-1-3-12(9-14)18(11-16(18)7-8-17(27)28)13-4-2-6-15(10-13)20(24,25)26/h1-10,16H,11H2,(H,27,28)/b8-7+/t16-/m0/s1. The Labute approximate surface area is 156 Å². The molecular weight excluding hydrogens is 386 g/mol. The van der Waals surface area contributed by atoms with Gasteiger partial charge < -0.3 is 5.11 Å². The molecule has 1 N–H and O–H groups in total. The Balaban J connectivity index is 2.13. The fraction of sp³-hybridized carbons (Fsp3) is 0.250. The van der Waals surface area contributed by atoms with Gasteiger partial charge in [-0.25, -0.2) is 4.79 Å². The van der Waals surface area contributed by atoms with Crippen molar-refractivity contribution in [2.75, 3.05) is 0 Å². The SMILES string of the molecule is O=C(O)/C=C/[C@H]1CC1(c1cccc(C(F)(F)F)c1)c1cccc(C(F)(F)F)c1. The van der Waals surface area contributed by atoms with Gasteiger partial charge in [0, 0.05) is 11.5 Å². The van der Waals surface area contributed by atoms with Crippen LogP contribution in [0.4, 0.5) is 26.3 Å². The van der Waals surface area contributed by atoms with Gasteiger partial charge in [0.15, 0.2) is 0 Å². The molecule has 0 saturated heterocycles. The number of rotatable bonds is 4. The molecule has 28 heavy (non-hydrogen) atoms. The summed E-state index contributed by atoms with van der Waals surface area (Å²) in [5.41, 5.74) is -2.58. The summed E-state index contributed by atoms with van der Waals surface area (Å²) in [6, 6.07) is 8.83. The molecule has 0 heterocycles. The Morgan fingerprint density at radius 3 is 1.79 bits per heavy atom. The van der Waals surface area contributed by atoms with Crippen LogP contribution in [0.25, 0.3) is 0 Å². The monoisotopic (exact) mass is 400 g/mol. The van der Waals surface area contributed by atoms with Crippen LogP contribution in [-0.2, 0) is 22.6 Å². The molecule has 0 bridgehead atoms. The maximum absolute atomic E-state index is 13.1. The second-order valence-electron chi connectivity index (χ2n) is 6.64. The van der Waals surface area contributed by atoms with Crippen molar-refractivity contribution in [3.8, 4) is 0 Å². The first kappa shape index (κ1) is 20.0. The van der Waals surface area contributed by atoms with Gasteiger partial charge in [-0.05, 0) is 35.6 Å². The largest absolute Gasteiger partial charge is 0.478 e. The molecule has 1 aliphatic rings. The van der Waals surface area contributed by atoms with E-state index in [0.29, 0.717) is 0 Å². The number of hydrogen-bond donors (Lipinski definition) is 1. The summed E-state index contributed by atoms with van der Waals surface area (Å²) < 4.78 is 78.7. The summed E-state index contributed by atoms with van der Waals surface area (Å²) in [6.07, 6.45) is -6.84. The van der Waals surface area contributed by atoms with Crippen molar-refractivity contribution < 1.29 is 36.2 Å². The van der Waals surface area contributed by atoms with E-state index in [2.05, 4.69) is 0 Å². The summed E-state index contributed by atoms with van der Waals surface area (Å²) in [5.74, 6) is -1.77. The van der Waals surface area contributed by atoms with Gasteiger partial charge in [0.1, 0.15) is 0 Å². The van der Waals surface area contributed by atoms with Crippen LogP contribution in [0.2, 0.25) is 0 Å². The predicted octanol–water partition coefficient (Wildman–Crippen LogP) is 5.67. The Hall–Kier alpha value is -2.77. The van der Waals surface area contributed by atoms with E-state index >= 15 is 0 Å². The number of carbonyl (C=O) groups is 1. The van der Waals surface area contributed by atoms with Gasteiger partial charge in [-0.3, -0.25) is 0 Å². The molecule has 2 aromatic rings. The zero-order valence-corrected chi connectivity index (χ0v) is 14.2. The summed E-state index contributed by atoms with van der Waals surface area (Å²) in [5, 5.41) is 8.82. The predicted molar refractivity (Wildman–Crippen MR) is 88.6 cm³/mol. The highest BCUT2D eigenvalue weighted by Crippen LogP contribution is 2.60. The third kappa shape index (κ3) is 3.76. The van der Waals surface area contributed by atoms with Gasteiger partial charge in [-0.1, -0.05) is 42.5 Å². The molecule has 148 valence electrons. The first-order chi connectivity index (χ1) is 12.9. The van der Waals surface area contributed by atoms with Crippen molar-refractivity contribution in [1.82, 2.24) is 0 Å². The zero-order valence-electron chi connectivity index (χ0n) is 14.2. The number of allylic oxidation sites excluding steroid dienone is 1. The molecule has 1 atom stereocenters. The first-order valence-electron chi connectivity index (χ1n) is 8.21. The van der Waals surface area contributed by atoms with Crippen LogP contribution < -0.4 is 0 Å². The van der Waals surface area contributed by atoms with Gasteiger partial charge in [0.2, 0.25) is 0 Å². The van der Waals surface area contributed by atoms with Crippen LogP contribution in [0, 0.1) is 5.92 Å². The van der Waals surface area contributed by atoms with E-state index < -0.39 is 40.8 Å². The van der Waals surface area contributed by atoms with E-state index in [9.17, 15) is 31.1 Å². The lowest BCUT2D eigenvalue weighted by atomic mass is 9.84. The summed E-state index contributed by atoms with van der Waals surface area (Å²) >= 11 is 0. The summed E-state index contributed by atoms with van der Waals surface area (Å²) in [4.78, 5) is 10.8. The highest BCUT2D eigenvalue weighted by atomic mass is 19.4. The van der Waals surface area contributed by atoms with Crippen molar-refractivity contribution >= 4 is 5.97 Å². The topological polar surface area (TPSA) is 37.3 Å². The second kappa shape index (κ2) is 6.68. The maximum Gasteiger partial charge on any atom is 0.416 e. The lowest BCUT2D eigenvalue weighted by molar-refractivity contribution is -0.138. The van der Waals surface area contributed by atoms with E-state index in [-0.39, 0.29) is 17.5 Å². The van der Waals surface area contributed by atoms with Crippen molar-refractivity contribution in [2.24, 2.45) is 5.92 Å². The molecule has 0 spiro atoms. The zero-order chi connectivity index (χ0) is 20.7. The maximum atomic E-state index is 13.1. The molecule has 1 saturated carbocycles. The number of benzene rings is 2. The average Bonchev–Trinajstić information content (AvgIpc) is 3.34. The molecule has 0 unspecified atom stereocenters. The van der Waals surface area contributed by atoms with Gasteiger partial charge in [-0.2, -0.15) is 26.3 Å². The number of carboxylic acids is 1. The number of halogens is 6. The highest BCUT2D eigenvalue weighted by molar-refractivity contribution is 5.80. The molecular formula is C20H14F6O2. The van der Waals surface area contributed by atoms with Crippen LogP contribution in [0.3, 0.4) is 0 Å². The van der Waals surface area contributed by atoms with Crippen LogP contribution in [0.5, 0.6) is 0 Å². The fourth-order valence-electron chi connectivity index (χ4n) is 3.50. The lowest BCUT2D eigenvalue weighted by Crippen LogP contribution is -2.16. The Morgan fingerprint density at radius 1 is 0.929 bits per heavy atom. The molecule has 0 radical (unpaired) electrons. The minimum atomic E-state index is -4.60. The van der Waals surface area contributed by atoms with Gasteiger partial charge in [-0.15, -0.1) is 0 Å². The van der Waals surface area contributed by atoms with Crippen molar-refractivity contribution in [3.63, 3.8) is 0 Å². The highest BCUT2D eigenvalue weighted by Gasteiger charge is 2.55. The first-order valence-corrected chi connectivity index (χ1v) is 8.21. The average molecular weight is 400 g/mol. The van der Waals surface area contributed by atoms with Crippen molar-refractivity contribution in [1.29, 1.82) is 0 Å². The number of hydrogen-bond acceptors (Lipinski definition) is 1. The molecule has 1 aliphatic carbocycles. The van der Waals surface area contributed by atoms with E-state index in [4.69, 9.17) is 5.11 Å². The van der Waals surface area contributed by atoms with Gasteiger partial charge >= 0.3 is 18.3 Å². The third-order valence-electron chi connectivity index (χ3n) is 4.90. The van der Waals surface area contributed by atoms with Crippen LogP contribution >= 0.6 is 0 Å². The molecule has 0 amide bonds. The minimum absolute atomic E-state index is 0.196. The number of alkyl halides is 6. The van der Waals surface area contributed by atoms with Crippen molar-refractivity contribution in [2.45, 2.75) is 24.2 Å². The Morgan fingerprint density at radius 2 is 1.39 bits per heavy atom. The molecule has 0 aromatic heterocycles. The quantitative estimate of drug-likeness (QED) is 0.530. The van der Waals surface area contributed by atoms with Crippen molar-refractivity contribution in [3.05, 3.63) is 82.9 Å². The minimum Gasteiger partial charge on any atom is -0.478 e. The van der Waals surface area contributed by atoms with Crippen LogP contribution in [0.15, 0.2) is 60.7 Å². The number of carboxylic acid groups (broad SMARTS) is 1. The number of aliphatic carboxylic acids is 1. The van der Waals surface area contributed by atoms with E-state index in [1.807, 2.05) is 0 Å². The second-order valence-corrected chi connectivity index (χ2v) is 6.64. The smallest absolute Gasteiger partial charge is 0.416 e. The molecule has 0 aliphatic heterocycles. The normalized spacial score (nSPS) is 19.0. The van der Waals surface area contributed by atoms with Crippen LogP contribution in [-0.4, -0.2) is 11.1 Å².